The number of likely N-dealkylation sites (tertiary alicyclic amines) is 1. The van der Waals surface area contributed by atoms with E-state index in [0.29, 0.717) is 6.42 Å². The van der Waals surface area contributed by atoms with Gasteiger partial charge in [-0.05, 0) is 20.8 Å². The van der Waals surface area contributed by atoms with E-state index in [4.69, 9.17) is 4.98 Å². The van der Waals surface area contributed by atoms with Crippen molar-refractivity contribution in [3.8, 4) is 11.3 Å². The van der Waals surface area contributed by atoms with Gasteiger partial charge in [0.15, 0.2) is 0 Å². The smallest absolute Gasteiger partial charge is 0.223 e. The monoisotopic (exact) mass is 287 g/mol. The summed E-state index contributed by atoms with van der Waals surface area (Å²) in [5.41, 5.74) is 2.95. The van der Waals surface area contributed by atoms with Gasteiger partial charge in [0.25, 0.3) is 0 Å². The molecule has 6 nitrogen and oxygen atoms in total. The SMILES string of the molecule is Cc1[nH]c([C@H]2CC(=O)N(C(C)C)C2)nc1-c1cnn(C)c1. The summed E-state index contributed by atoms with van der Waals surface area (Å²) in [7, 11) is 1.89. The Morgan fingerprint density at radius 2 is 2.19 bits per heavy atom. The van der Waals surface area contributed by atoms with Gasteiger partial charge >= 0.3 is 0 Å². The zero-order valence-corrected chi connectivity index (χ0v) is 12.9. The summed E-state index contributed by atoms with van der Waals surface area (Å²) in [6, 6.07) is 0.247. The summed E-state index contributed by atoms with van der Waals surface area (Å²) in [6.07, 6.45) is 4.30. The number of aromatic nitrogens is 4. The molecule has 1 fully saturated rings. The average molecular weight is 287 g/mol. The van der Waals surface area contributed by atoms with Crippen molar-refractivity contribution in [3.05, 3.63) is 23.9 Å². The maximum atomic E-state index is 12.0. The van der Waals surface area contributed by atoms with E-state index >= 15 is 0 Å². The molecule has 6 heteroatoms. The maximum Gasteiger partial charge on any atom is 0.223 e. The molecule has 1 N–H and O–H groups in total. The van der Waals surface area contributed by atoms with E-state index < -0.39 is 0 Å². The number of aromatic amines is 1. The van der Waals surface area contributed by atoms with Crippen molar-refractivity contribution in [2.45, 2.75) is 39.2 Å². The van der Waals surface area contributed by atoms with Crippen LogP contribution in [-0.2, 0) is 11.8 Å². The lowest BCUT2D eigenvalue weighted by Crippen LogP contribution is -2.31. The Morgan fingerprint density at radius 1 is 1.43 bits per heavy atom. The molecule has 0 spiro atoms. The van der Waals surface area contributed by atoms with Crippen molar-refractivity contribution in [2.24, 2.45) is 7.05 Å². The molecule has 21 heavy (non-hydrogen) atoms. The summed E-state index contributed by atoms with van der Waals surface area (Å²) in [5.74, 6) is 1.28. The fraction of sp³-hybridized carbons (Fsp3) is 0.533. The van der Waals surface area contributed by atoms with E-state index in [9.17, 15) is 4.79 Å². The van der Waals surface area contributed by atoms with E-state index in [2.05, 4.69) is 23.9 Å². The molecule has 3 heterocycles. The predicted octanol–water partition coefficient (Wildman–Crippen LogP) is 1.84. The molecule has 0 radical (unpaired) electrons. The van der Waals surface area contributed by atoms with Crippen molar-refractivity contribution < 1.29 is 4.79 Å². The Kier molecular flexibility index (Phi) is 3.31. The molecule has 0 aliphatic carbocycles. The lowest BCUT2D eigenvalue weighted by molar-refractivity contribution is -0.129. The highest BCUT2D eigenvalue weighted by molar-refractivity contribution is 5.80. The summed E-state index contributed by atoms with van der Waals surface area (Å²) >= 11 is 0. The number of nitrogens with zero attached hydrogens (tertiary/aromatic N) is 4. The molecule has 1 saturated heterocycles. The lowest BCUT2D eigenvalue weighted by atomic mass is 10.1. The number of hydrogen-bond donors (Lipinski definition) is 1. The van der Waals surface area contributed by atoms with Crippen molar-refractivity contribution in [1.29, 1.82) is 0 Å². The lowest BCUT2D eigenvalue weighted by Gasteiger charge is -2.20. The first kappa shape index (κ1) is 13.9. The van der Waals surface area contributed by atoms with Gasteiger partial charge in [-0.25, -0.2) is 4.98 Å². The van der Waals surface area contributed by atoms with Gasteiger partial charge < -0.3 is 9.88 Å². The Labute approximate surface area is 124 Å². The van der Waals surface area contributed by atoms with Gasteiger partial charge in [-0.1, -0.05) is 0 Å². The summed E-state index contributed by atoms with van der Waals surface area (Å²) in [4.78, 5) is 22.0. The third kappa shape index (κ3) is 2.46. The second-order valence-electron chi connectivity index (χ2n) is 6.04. The van der Waals surface area contributed by atoms with Crippen LogP contribution in [0.1, 0.15) is 37.7 Å². The highest BCUT2D eigenvalue weighted by Crippen LogP contribution is 2.30. The number of amides is 1. The molecule has 0 bridgehead atoms. The van der Waals surface area contributed by atoms with Crippen LogP contribution >= 0.6 is 0 Å². The number of rotatable bonds is 3. The van der Waals surface area contributed by atoms with Gasteiger partial charge in [0.1, 0.15) is 5.82 Å². The molecule has 1 aliphatic rings. The highest BCUT2D eigenvalue weighted by atomic mass is 16.2. The molecular weight excluding hydrogens is 266 g/mol. The second-order valence-corrected chi connectivity index (χ2v) is 6.04. The molecule has 0 aromatic carbocycles. The van der Waals surface area contributed by atoms with Gasteiger partial charge in [0, 0.05) is 49.4 Å². The van der Waals surface area contributed by atoms with Crippen LogP contribution in [0.3, 0.4) is 0 Å². The number of carbonyl (C=O) groups is 1. The van der Waals surface area contributed by atoms with Gasteiger partial charge in [0.2, 0.25) is 5.91 Å². The molecule has 2 aromatic heterocycles. The van der Waals surface area contributed by atoms with Crippen molar-refractivity contribution >= 4 is 5.91 Å². The van der Waals surface area contributed by atoms with E-state index in [0.717, 1.165) is 29.3 Å². The minimum atomic E-state index is 0.157. The average Bonchev–Trinajstić information content (AvgIpc) is 3.08. The Morgan fingerprint density at radius 3 is 2.76 bits per heavy atom. The van der Waals surface area contributed by atoms with Gasteiger partial charge in [-0.2, -0.15) is 5.10 Å². The van der Waals surface area contributed by atoms with Gasteiger partial charge in [-0.15, -0.1) is 0 Å². The molecule has 0 unspecified atom stereocenters. The minimum absolute atomic E-state index is 0.157. The first-order valence-corrected chi connectivity index (χ1v) is 7.30. The van der Waals surface area contributed by atoms with Gasteiger partial charge in [0.05, 0.1) is 11.9 Å². The van der Waals surface area contributed by atoms with E-state index in [1.807, 2.05) is 31.3 Å². The van der Waals surface area contributed by atoms with Crippen LogP contribution in [-0.4, -0.2) is 43.1 Å². The van der Waals surface area contributed by atoms with E-state index in [1.54, 1.807) is 4.68 Å². The topological polar surface area (TPSA) is 66.8 Å². The fourth-order valence-corrected chi connectivity index (χ4v) is 2.92. The molecule has 3 rings (SSSR count). The quantitative estimate of drug-likeness (QED) is 0.936. The molecule has 112 valence electrons. The molecule has 1 aliphatic heterocycles. The standard InChI is InChI=1S/C15H21N5O/c1-9(2)20-8-11(5-13(20)21)15-17-10(3)14(18-15)12-6-16-19(4)7-12/h6-7,9,11H,5,8H2,1-4H3,(H,17,18)/t11-/m0/s1. The molecule has 1 amide bonds. The van der Waals surface area contributed by atoms with Crippen LogP contribution in [0.5, 0.6) is 0 Å². The summed E-state index contributed by atoms with van der Waals surface area (Å²) < 4.78 is 1.77. The number of H-pyrrole nitrogens is 1. The van der Waals surface area contributed by atoms with Crippen LogP contribution in [0.4, 0.5) is 0 Å². The van der Waals surface area contributed by atoms with Crippen molar-refractivity contribution in [3.63, 3.8) is 0 Å². The van der Waals surface area contributed by atoms with Gasteiger partial charge in [-0.3, -0.25) is 9.48 Å². The number of hydrogen-bond acceptors (Lipinski definition) is 3. The largest absolute Gasteiger partial charge is 0.345 e. The first-order valence-electron chi connectivity index (χ1n) is 7.30. The molecule has 2 aromatic rings. The number of nitrogens with one attached hydrogen (secondary N) is 1. The summed E-state index contributed by atoms with van der Waals surface area (Å²) in [5, 5.41) is 4.19. The third-order valence-electron chi connectivity index (χ3n) is 4.05. The van der Waals surface area contributed by atoms with Crippen molar-refractivity contribution in [2.75, 3.05) is 6.54 Å². The van der Waals surface area contributed by atoms with E-state index in [-0.39, 0.29) is 17.9 Å². The normalized spacial score (nSPS) is 19.0. The van der Waals surface area contributed by atoms with Crippen LogP contribution in [0.2, 0.25) is 0 Å². The molecule has 1 atom stereocenters. The minimum Gasteiger partial charge on any atom is -0.345 e. The van der Waals surface area contributed by atoms with Crippen molar-refractivity contribution in [1.82, 2.24) is 24.6 Å². The zero-order valence-electron chi connectivity index (χ0n) is 12.9. The zero-order chi connectivity index (χ0) is 15.1. The van der Waals surface area contributed by atoms with Crippen LogP contribution in [0.25, 0.3) is 11.3 Å². The highest BCUT2D eigenvalue weighted by Gasteiger charge is 2.34. The second kappa shape index (κ2) is 5.02. The third-order valence-corrected chi connectivity index (χ3v) is 4.05. The van der Waals surface area contributed by atoms with E-state index in [1.165, 1.54) is 0 Å². The van der Waals surface area contributed by atoms with Crippen LogP contribution in [0.15, 0.2) is 12.4 Å². The number of imidazole rings is 1. The first-order chi connectivity index (χ1) is 9.95. The number of carbonyl (C=O) groups excluding carboxylic acids is 1. The Balaban J connectivity index is 1.87. The van der Waals surface area contributed by atoms with Crippen LogP contribution in [0, 0.1) is 6.92 Å². The van der Waals surface area contributed by atoms with Crippen LogP contribution < -0.4 is 0 Å². The maximum absolute atomic E-state index is 12.0. The Hall–Kier alpha value is -2.11. The molecule has 0 saturated carbocycles. The predicted molar refractivity (Wildman–Crippen MR) is 79.7 cm³/mol. The summed E-state index contributed by atoms with van der Waals surface area (Å²) in [6.45, 7) is 6.86. The fourth-order valence-electron chi connectivity index (χ4n) is 2.92. The molecular formula is C15H21N5O. The Bertz CT molecular complexity index is 669. The number of aryl methyl sites for hydroxylation is 2.